The zero-order valence-electron chi connectivity index (χ0n) is 17.9. The smallest absolute Gasteiger partial charge is 0.322 e. The molecule has 1 aromatic heterocycles. The van der Waals surface area contributed by atoms with E-state index >= 15 is 0 Å². The van der Waals surface area contributed by atoms with E-state index in [-0.39, 0.29) is 23.7 Å². The van der Waals surface area contributed by atoms with E-state index in [0.29, 0.717) is 11.1 Å². The maximum atomic E-state index is 13.1. The molecule has 0 aliphatic rings. The van der Waals surface area contributed by atoms with Gasteiger partial charge in [-0.1, -0.05) is 36.4 Å². The van der Waals surface area contributed by atoms with Gasteiger partial charge < -0.3 is 15.0 Å². The summed E-state index contributed by atoms with van der Waals surface area (Å²) in [5.41, 5.74) is 3.49. The summed E-state index contributed by atoms with van der Waals surface area (Å²) in [5.74, 6) is -1.95. The average Bonchev–Trinajstić information content (AvgIpc) is 2.78. The first kappa shape index (κ1) is 22.7. The Balaban J connectivity index is 1.91. The van der Waals surface area contributed by atoms with Crippen molar-refractivity contribution in [1.29, 1.82) is 0 Å². The molecule has 0 aliphatic carbocycles. The number of rotatable bonds is 8. The lowest BCUT2D eigenvalue weighted by atomic mass is 9.83. The van der Waals surface area contributed by atoms with Crippen LogP contribution >= 0.6 is 0 Å². The first-order chi connectivity index (χ1) is 15.3. The number of carboxylic acid groups (broad SMARTS) is 1. The molecule has 7 heteroatoms. The fraction of sp³-hybridized carbons (Fsp3) is 0.200. The second-order valence-electron chi connectivity index (χ2n) is 7.60. The molecule has 0 bridgehead atoms. The van der Waals surface area contributed by atoms with Crippen molar-refractivity contribution in [2.45, 2.75) is 19.3 Å². The van der Waals surface area contributed by atoms with Gasteiger partial charge in [0.25, 0.3) is 5.91 Å². The van der Waals surface area contributed by atoms with Crippen LogP contribution in [0.1, 0.15) is 49.7 Å². The number of hydrogen-bond acceptors (Lipinski definition) is 4. The first-order valence-electron chi connectivity index (χ1n) is 10.1. The molecule has 2 aromatic carbocycles. The van der Waals surface area contributed by atoms with Crippen molar-refractivity contribution >= 4 is 17.7 Å². The van der Waals surface area contributed by atoms with Gasteiger partial charge in [0.05, 0.1) is 0 Å². The molecule has 0 aliphatic heterocycles. The number of carboxylic acids is 1. The maximum Gasteiger partial charge on any atom is 0.322 e. The lowest BCUT2D eigenvalue weighted by Gasteiger charge is -2.20. The second-order valence-corrected chi connectivity index (χ2v) is 7.60. The van der Waals surface area contributed by atoms with Gasteiger partial charge >= 0.3 is 5.97 Å². The number of aryl methyl sites for hydroxylation is 2. The third kappa shape index (κ3) is 5.37. The molecule has 1 unspecified atom stereocenters. The third-order valence-corrected chi connectivity index (χ3v) is 5.34. The van der Waals surface area contributed by atoms with Crippen molar-refractivity contribution in [3.8, 4) is 0 Å². The van der Waals surface area contributed by atoms with Crippen LogP contribution in [0.5, 0.6) is 0 Å². The van der Waals surface area contributed by atoms with Crippen LogP contribution in [0.4, 0.5) is 0 Å². The highest BCUT2D eigenvalue weighted by Crippen LogP contribution is 2.31. The summed E-state index contributed by atoms with van der Waals surface area (Å²) in [4.78, 5) is 47.5. The van der Waals surface area contributed by atoms with Crippen molar-refractivity contribution in [3.05, 3.63) is 105 Å². The number of ketones is 1. The summed E-state index contributed by atoms with van der Waals surface area (Å²) in [6.45, 7) is 1.52. The summed E-state index contributed by atoms with van der Waals surface area (Å²) in [6, 6.07) is 17.5. The Kier molecular flexibility index (Phi) is 7.00. The molecule has 164 valence electrons. The van der Waals surface area contributed by atoms with Gasteiger partial charge in [0.2, 0.25) is 5.56 Å². The van der Waals surface area contributed by atoms with Crippen LogP contribution < -0.4 is 10.9 Å². The molecule has 0 fully saturated rings. The van der Waals surface area contributed by atoms with Gasteiger partial charge in [-0.3, -0.25) is 19.2 Å². The van der Waals surface area contributed by atoms with Crippen LogP contribution in [-0.2, 0) is 11.8 Å². The zero-order chi connectivity index (χ0) is 23.3. The molecule has 2 N–H and O–H groups in total. The van der Waals surface area contributed by atoms with Crippen LogP contribution in [0.15, 0.2) is 71.7 Å². The quantitative estimate of drug-likeness (QED) is 0.533. The molecule has 0 saturated heterocycles. The summed E-state index contributed by atoms with van der Waals surface area (Å²) in [7, 11) is 1.60. The highest BCUT2D eigenvalue weighted by atomic mass is 16.4. The van der Waals surface area contributed by atoms with Crippen LogP contribution in [0, 0.1) is 6.92 Å². The Hall–Kier alpha value is -4.00. The highest BCUT2D eigenvalue weighted by molar-refractivity contribution is 5.97. The van der Waals surface area contributed by atoms with E-state index in [1.54, 1.807) is 31.3 Å². The van der Waals surface area contributed by atoms with Gasteiger partial charge in [-0.05, 0) is 41.8 Å². The minimum absolute atomic E-state index is 0.0999. The van der Waals surface area contributed by atoms with Crippen LogP contribution in [0.2, 0.25) is 0 Å². The number of carbonyl (C=O) groups is 3. The van der Waals surface area contributed by atoms with Gasteiger partial charge in [-0.2, -0.15) is 0 Å². The van der Waals surface area contributed by atoms with Crippen molar-refractivity contribution in [3.63, 3.8) is 0 Å². The molecule has 7 nitrogen and oxygen atoms in total. The monoisotopic (exact) mass is 432 g/mol. The standard InChI is InChI=1S/C25H24N2O5/c1-16-5-3-4-6-20(16)21(13-22(28)19-11-12-23(29)27(2)15-19)17-7-9-18(10-8-17)25(32)26-14-24(30)31/h3-12,15,21H,13-14H2,1-2H3,(H,26,32)(H,30,31). The molecule has 1 atom stereocenters. The maximum absolute atomic E-state index is 13.1. The summed E-state index contributed by atoms with van der Waals surface area (Å²) in [6.07, 6.45) is 1.73. The minimum atomic E-state index is -1.12. The molecular weight excluding hydrogens is 408 g/mol. The molecular formula is C25H24N2O5. The van der Waals surface area contributed by atoms with Gasteiger partial charge in [-0.25, -0.2) is 0 Å². The molecule has 0 spiro atoms. The van der Waals surface area contributed by atoms with Crippen LogP contribution in [0.25, 0.3) is 0 Å². The molecule has 32 heavy (non-hydrogen) atoms. The number of carbonyl (C=O) groups excluding carboxylic acids is 2. The van der Waals surface area contributed by atoms with Crippen molar-refractivity contribution in [2.75, 3.05) is 6.54 Å². The lowest BCUT2D eigenvalue weighted by molar-refractivity contribution is -0.135. The van der Waals surface area contributed by atoms with E-state index in [9.17, 15) is 19.2 Å². The van der Waals surface area contributed by atoms with Gasteiger partial charge in [0.1, 0.15) is 6.54 Å². The number of aromatic nitrogens is 1. The summed E-state index contributed by atoms with van der Waals surface area (Å²) < 4.78 is 1.38. The predicted molar refractivity (Wildman–Crippen MR) is 120 cm³/mol. The van der Waals surface area contributed by atoms with E-state index in [2.05, 4.69) is 5.32 Å². The van der Waals surface area contributed by atoms with Crippen molar-refractivity contribution in [2.24, 2.45) is 7.05 Å². The number of aliphatic carboxylic acids is 1. The fourth-order valence-corrected chi connectivity index (χ4v) is 3.57. The Morgan fingerprint density at radius 2 is 1.62 bits per heavy atom. The van der Waals surface area contributed by atoms with Gasteiger partial charge in [0, 0.05) is 42.8 Å². The largest absolute Gasteiger partial charge is 0.480 e. The van der Waals surface area contributed by atoms with Crippen molar-refractivity contribution < 1.29 is 19.5 Å². The van der Waals surface area contributed by atoms with Gasteiger partial charge in [0.15, 0.2) is 5.78 Å². The molecule has 0 radical (unpaired) electrons. The topological polar surface area (TPSA) is 105 Å². The number of benzene rings is 2. The van der Waals surface area contributed by atoms with Crippen LogP contribution in [0.3, 0.4) is 0 Å². The number of amides is 1. The summed E-state index contributed by atoms with van der Waals surface area (Å²) >= 11 is 0. The van der Waals surface area contributed by atoms with E-state index < -0.39 is 18.4 Å². The zero-order valence-corrected chi connectivity index (χ0v) is 17.9. The Bertz CT molecular complexity index is 1210. The normalized spacial score (nSPS) is 11.6. The number of nitrogens with one attached hydrogen (secondary N) is 1. The fourth-order valence-electron chi connectivity index (χ4n) is 3.57. The molecule has 3 rings (SSSR count). The second kappa shape index (κ2) is 9.87. The van der Waals surface area contributed by atoms with Gasteiger partial charge in [-0.15, -0.1) is 0 Å². The number of pyridine rings is 1. The molecule has 0 saturated carbocycles. The Morgan fingerprint density at radius 1 is 0.969 bits per heavy atom. The lowest BCUT2D eigenvalue weighted by Crippen LogP contribution is -2.29. The van der Waals surface area contributed by atoms with E-state index in [1.165, 1.54) is 22.9 Å². The van der Waals surface area contributed by atoms with Crippen LogP contribution in [-0.4, -0.2) is 33.9 Å². The van der Waals surface area contributed by atoms with Crippen molar-refractivity contribution in [1.82, 2.24) is 9.88 Å². The molecule has 1 heterocycles. The number of nitrogens with zero attached hydrogens (tertiary/aromatic N) is 1. The predicted octanol–water partition coefficient (Wildman–Crippen LogP) is 2.91. The van der Waals surface area contributed by atoms with E-state index in [4.69, 9.17) is 5.11 Å². The first-order valence-corrected chi connectivity index (χ1v) is 10.1. The Labute approximate surface area is 185 Å². The number of hydrogen-bond donors (Lipinski definition) is 2. The highest BCUT2D eigenvalue weighted by Gasteiger charge is 2.21. The SMILES string of the molecule is Cc1ccccc1C(CC(=O)c1ccc(=O)n(C)c1)c1ccc(C(=O)NCC(=O)O)cc1. The Morgan fingerprint density at radius 3 is 2.25 bits per heavy atom. The molecule has 1 amide bonds. The summed E-state index contributed by atoms with van der Waals surface area (Å²) in [5, 5.41) is 11.1. The minimum Gasteiger partial charge on any atom is -0.480 e. The number of Topliss-reactive ketones (excluding diaryl/α,β-unsaturated/α-hetero) is 1. The van der Waals surface area contributed by atoms with E-state index in [0.717, 1.165) is 16.7 Å². The molecule has 3 aromatic rings. The van der Waals surface area contributed by atoms with E-state index in [1.807, 2.05) is 31.2 Å². The third-order valence-electron chi connectivity index (χ3n) is 5.34. The average molecular weight is 432 g/mol.